The first-order chi connectivity index (χ1) is 17.9. The van der Waals surface area contributed by atoms with Gasteiger partial charge in [-0.3, -0.25) is 9.59 Å². The Bertz CT molecular complexity index is 1440. The maximum atomic E-state index is 13.7. The van der Waals surface area contributed by atoms with Gasteiger partial charge in [-0.25, -0.2) is 0 Å². The van der Waals surface area contributed by atoms with Gasteiger partial charge in [-0.1, -0.05) is 42.5 Å². The van der Waals surface area contributed by atoms with Gasteiger partial charge in [-0.05, 0) is 55.3 Å². The smallest absolute Gasteiger partial charge is 0.272 e. The van der Waals surface area contributed by atoms with E-state index >= 15 is 0 Å². The number of methoxy groups -OCH3 is 1. The maximum absolute atomic E-state index is 13.7. The number of fused-ring (bicyclic) bond motifs is 3. The number of ether oxygens (including phenoxy) is 2. The van der Waals surface area contributed by atoms with Gasteiger partial charge in [-0.2, -0.15) is 0 Å². The molecule has 1 atom stereocenters. The molecule has 1 aliphatic rings. The summed E-state index contributed by atoms with van der Waals surface area (Å²) in [6, 6.07) is 23.0. The first-order valence-corrected chi connectivity index (χ1v) is 12.4. The van der Waals surface area contributed by atoms with Gasteiger partial charge in [0, 0.05) is 30.1 Å². The number of nitrogens with one attached hydrogen (secondary N) is 1. The second kappa shape index (κ2) is 10.0. The molecule has 5 rings (SSSR count). The largest absolute Gasteiger partial charge is 0.497 e. The van der Waals surface area contributed by atoms with Crippen LogP contribution in [0, 0.1) is 0 Å². The molecule has 0 saturated heterocycles. The fourth-order valence-corrected chi connectivity index (χ4v) is 5.03. The van der Waals surface area contributed by atoms with Crippen LogP contribution in [0.2, 0.25) is 0 Å². The van der Waals surface area contributed by atoms with Gasteiger partial charge in [0.25, 0.3) is 5.91 Å². The zero-order valence-electron chi connectivity index (χ0n) is 21.5. The molecule has 37 heavy (non-hydrogen) atoms. The fraction of sp³-hybridized carbons (Fsp3) is 0.267. The maximum Gasteiger partial charge on any atom is 0.272 e. The summed E-state index contributed by atoms with van der Waals surface area (Å²) in [6.07, 6.45) is 0.100. The van der Waals surface area contributed by atoms with Crippen LogP contribution in [0.15, 0.2) is 72.8 Å². The molecular formula is C30H31N3O4. The fourth-order valence-electron chi connectivity index (χ4n) is 5.03. The summed E-state index contributed by atoms with van der Waals surface area (Å²) in [4.78, 5) is 28.4. The Morgan fingerprint density at radius 3 is 2.32 bits per heavy atom. The summed E-state index contributed by atoms with van der Waals surface area (Å²) in [5.74, 6) is 1.16. The summed E-state index contributed by atoms with van der Waals surface area (Å²) in [5, 5.41) is 3.98. The molecule has 2 heterocycles. The SMILES string of the molecule is COc1ccc([C@H]2c3c(n(C)c4ccccc34)C(=O)N2CC(=O)NCc2ccc(OC(C)C)cc2)cc1. The zero-order valence-corrected chi connectivity index (χ0v) is 21.5. The van der Waals surface area contributed by atoms with Gasteiger partial charge in [-0.15, -0.1) is 0 Å². The third-order valence-corrected chi connectivity index (χ3v) is 6.72. The Morgan fingerprint density at radius 1 is 0.973 bits per heavy atom. The molecule has 3 aromatic carbocycles. The van der Waals surface area contributed by atoms with Crippen molar-refractivity contribution in [3.05, 3.63) is 95.2 Å². The highest BCUT2D eigenvalue weighted by Gasteiger charge is 2.42. The molecule has 1 aliphatic heterocycles. The molecule has 0 fully saturated rings. The lowest BCUT2D eigenvalue weighted by Gasteiger charge is -2.26. The molecule has 1 N–H and O–H groups in total. The summed E-state index contributed by atoms with van der Waals surface area (Å²) in [7, 11) is 3.53. The molecule has 1 aromatic heterocycles. The molecule has 2 amide bonds. The number of hydrogen-bond donors (Lipinski definition) is 1. The van der Waals surface area contributed by atoms with E-state index in [-0.39, 0.29) is 30.5 Å². The minimum absolute atomic E-state index is 0.0485. The van der Waals surface area contributed by atoms with E-state index in [0.717, 1.165) is 39.1 Å². The minimum atomic E-state index is -0.377. The summed E-state index contributed by atoms with van der Waals surface area (Å²) in [5.41, 5.74) is 4.43. The van der Waals surface area contributed by atoms with E-state index in [0.29, 0.717) is 12.2 Å². The molecule has 0 radical (unpaired) electrons. The van der Waals surface area contributed by atoms with Crippen molar-refractivity contribution in [3.63, 3.8) is 0 Å². The Kier molecular flexibility index (Phi) is 6.61. The van der Waals surface area contributed by atoms with Gasteiger partial charge in [0.1, 0.15) is 23.7 Å². The molecule has 0 unspecified atom stereocenters. The lowest BCUT2D eigenvalue weighted by molar-refractivity contribution is -0.122. The number of hydrogen-bond acceptors (Lipinski definition) is 4. The van der Waals surface area contributed by atoms with Crippen molar-refractivity contribution < 1.29 is 19.1 Å². The lowest BCUT2D eigenvalue weighted by Crippen LogP contribution is -2.39. The molecule has 0 spiro atoms. The Balaban J connectivity index is 1.40. The Labute approximate surface area is 216 Å². The topological polar surface area (TPSA) is 72.8 Å². The van der Waals surface area contributed by atoms with Crippen molar-refractivity contribution in [3.8, 4) is 11.5 Å². The van der Waals surface area contributed by atoms with Crippen LogP contribution < -0.4 is 14.8 Å². The van der Waals surface area contributed by atoms with E-state index in [2.05, 4.69) is 5.32 Å². The number of para-hydroxylation sites is 1. The zero-order chi connectivity index (χ0) is 26.1. The molecule has 4 aromatic rings. The summed E-state index contributed by atoms with van der Waals surface area (Å²) < 4.78 is 12.9. The average molecular weight is 498 g/mol. The quantitative estimate of drug-likeness (QED) is 0.378. The van der Waals surface area contributed by atoms with Crippen LogP contribution in [0.4, 0.5) is 0 Å². The normalized spacial score (nSPS) is 14.8. The van der Waals surface area contributed by atoms with Crippen LogP contribution in [-0.4, -0.2) is 41.0 Å². The highest BCUT2D eigenvalue weighted by atomic mass is 16.5. The molecule has 0 bridgehead atoms. The van der Waals surface area contributed by atoms with Gasteiger partial charge >= 0.3 is 0 Å². The van der Waals surface area contributed by atoms with Crippen molar-refractivity contribution >= 4 is 22.7 Å². The van der Waals surface area contributed by atoms with E-state index in [1.54, 1.807) is 12.0 Å². The molecule has 0 saturated carbocycles. The molecular weight excluding hydrogens is 466 g/mol. The van der Waals surface area contributed by atoms with Gasteiger partial charge in [0.15, 0.2) is 0 Å². The summed E-state index contributed by atoms with van der Waals surface area (Å²) in [6.45, 7) is 4.28. The van der Waals surface area contributed by atoms with Crippen molar-refractivity contribution in [2.24, 2.45) is 7.05 Å². The number of benzene rings is 3. The third-order valence-electron chi connectivity index (χ3n) is 6.72. The minimum Gasteiger partial charge on any atom is -0.497 e. The van der Waals surface area contributed by atoms with Crippen molar-refractivity contribution in [1.29, 1.82) is 0 Å². The summed E-state index contributed by atoms with van der Waals surface area (Å²) >= 11 is 0. The van der Waals surface area contributed by atoms with Crippen LogP contribution >= 0.6 is 0 Å². The van der Waals surface area contributed by atoms with Crippen LogP contribution in [0.1, 0.15) is 47.1 Å². The highest BCUT2D eigenvalue weighted by molar-refractivity contribution is 6.07. The average Bonchev–Trinajstić information content (AvgIpc) is 3.35. The number of amides is 2. The third kappa shape index (κ3) is 4.65. The highest BCUT2D eigenvalue weighted by Crippen LogP contribution is 2.44. The van der Waals surface area contributed by atoms with E-state index in [9.17, 15) is 9.59 Å². The van der Waals surface area contributed by atoms with Crippen LogP contribution in [0.3, 0.4) is 0 Å². The van der Waals surface area contributed by atoms with Crippen molar-refractivity contribution in [2.75, 3.05) is 13.7 Å². The predicted molar refractivity (Wildman–Crippen MR) is 143 cm³/mol. The molecule has 0 aliphatic carbocycles. The standard InChI is InChI=1S/C30H31N3O4/c1-19(2)37-23-13-9-20(10-14-23)17-31-26(34)18-33-28(21-11-15-22(36-4)16-12-21)27-24-7-5-6-8-25(24)32(3)29(27)30(33)35/h5-16,19,28H,17-18H2,1-4H3,(H,31,34)/t28-/m0/s1. The van der Waals surface area contributed by atoms with Crippen LogP contribution in [0.25, 0.3) is 10.9 Å². The molecule has 7 heteroatoms. The van der Waals surface area contributed by atoms with E-state index < -0.39 is 0 Å². The first kappa shape index (κ1) is 24.4. The van der Waals surface area contributed by atoms with Gasteiger partial charge in [0.2, 0.25) is 5.91 Å². The molecule has 7 nitrogen and oxygen atoms in total. The van der Waals surface area contributed by atoms with Crippen molar-refractivity contribution in [1.82, 2.24) is 14.8 Å². The Hall–Kier alpha value is -4.26. The number of aromatic nitrogens is 1. The lowest BCUT2D eigenvalue weighted by atomic mass is 9.98. The van der Waals surface area contributed by atoms with Gasteiger partial charge in [0.05, 0.1) is 19.3 Å². The Morgan fingerprint density at radius 2 is 1.65 bits per heavy atom. The van der Waals surface area contributed by atoms with Crippen LogP contribution in [-0.2, 0) is 18.4 Å². The van der Waals surface area contributed by atoms with Crippen LogP contribution in [0.5, 0.6) is 11.5 Å². The second-order valence-electron chi connectivity index (χ2n) is 9.53. The van der Waals surface area contributed by atoms with E-state index in [1.807, 2.05) is 98.3 Å². The number of rotatable bonds is 8. The monoisotopic (exact) mass is 497 g/mol. The predicted octanol–water partition coefficient (Wildman–Crippen LogP) is 4.84. The number of aryl methyl sites for hydroxylation is 1. The number of nitrogens with zero attached hydrogens (tertiary/aromatic N) is 2. The van der Waals surface area contributed by atoms with Crippen molar-refractivity contribution in [2.45, 2.75) is 32.5 Å². The van der Waals surface area contributed by atoms with Gasteiger partial charge < -0.3 is 24.3 Å². The first-order valence-electron chi connectivity index (χ1n) is 12.4. The molecule has 190 valence electrons. The van der Waals surface area contributed by atoms with E-state index in [4.69, 9.17) is 9.47 Å². The number of carbonyl (C=O) groups is 2. The van der Waals surface area contributed by atoms with E-state index in [1.165, 1.54) is 0 Å². The number of carbonyl (C=O) groups excluding carboxylic acids is 2. The second-order valence-corrected chi connectivity index (χ2v) is 9.53.